The van der Waals surface area contributed by atoms with Crippen LogP contribution in [0.25, 0.3) is 0 Å². The molecule has 0 aromatic rings. The largest absolute Gasteiger partial charge is 0.313 e. The van der Waals surface area contributed by atoms with Crippen molar-refractivity contribution in [3.8, 4) is 0 Å². The van der Waals surface area contributed by atoms with Gasteiger partial charge < -0.3 is 5.32 Å². The molecule has 1 rings (SSSR count). The summed E-state index contributed by atoms with van der Waals surface area (Å²) in [6.07, 6.45) is 0. The number of halogens is 1. The molecule has 1 aliphatic rings. The zero-order chi connectivity index (χ0) is 6.69. The average Bonchev–Trinajstić information content (AvgIpc) is 1.89. The molecule has 0 saturated carbocycles. The lowest BCUT2D eigenvalue weighted by Gasteiger charge is -2.30. The molecule has 0 aliphatic carbocycles. The van der Waals surface area contributed by atoms with E-state index in [1.807, 2.05) is 0 Å². The van der Waals surface area contributed by atoms with Gasteiger partial charge in [-0.25, -0.2) is 0 Å². The molecule has 0 aromatic carbocycles. The molecule has 1 N–H and O–H groups in total. The standard InChI is InChI=1S/C6H13ClN2/c1-2-9-4-3-8-5-6(9)7/h6,8H,2-5H2,1H3. The molecule has 54 valence electrons. The minimum Gasteiger partial charge on any atom is -0.313 e. The summed E-state index contributed by atoms with van der Waals surface area (Å²) in [6.45, 7) is 6.30. The van der Waals surface area contributed by atoms with Gasteiger partial charge in [0, 0.05) is 19.6 Å². The van der Waals surface area contributed by atoms with Gasteiger partial charge in [-0.1, -0.05) is 6.92 Å². The van der Waals surface area contributed by atoms with Crippen LogP contribution in [0.5, 0.6) is 0 Å². The highest BCUT2D eigenvalue weighted by Gasteiger charge is 2.16. The van der Waals surface area contributed by atoms with Crippen LogP contribution in [0.15, 0.2) is 0 Å². The maximum atomic E-state index is 5.95. The van der Waals surface area contributed by atoms with Crippen molar-refractivity contribution in [1.82, 2.24) is 10.2 Å². The summed E-state index contributed by atoms with van der Waals surface area (Å²) in [4.78, 5) is 2.26. The lowest BCUT2D eigenvalue weighted by Crippen LogP contribution is -2.48. The Morgan fingerprint density at radius 1 is 1.78 bits per heavy atom. The number of hydrogen-bond donors (Lipinski definition) is 1. The molecule has 0 amide bonds. The first-order chi connectivity index (χ1) is 4.34. The number of rotatable bonds is 1. The maximum Gasteiger partial charge on any atom is 0.0976 e. The summed E-state index contributed by atoms with van der Waals surface area (Å²) in [6, 6.07) is 0. The highest BCUT2D eigenvalue weighted by Crippen LogP contribution is 2.05. The molecule has 1 fully saturated rings. The zero-order valence-corrected chi connectivity index (χ0v) is 6.49. The van der Waals surface area contributed by atoms with Gasteiger partial charge in [0.15, 0.2) is 0 Å². The lowest BCUT2D eigenvalue weighted by atomic mass is 10.4. The van der Waals surface area contributed by atoms with E-state index >= 15 is 0 Å². The van der Waals surface area contributed by atoms with Crippen molar-refractivity contribution in [2.24, 2.45) is 0 Å². The number of nitrogens with one attached hydrogen (secondary N) is 1. The van der Waals surface area contributed by atoms with Crippen LogP contribution in [0.3, 0.4) is 0 Å². The van der Waals surface area contributed by atoms with Gasteiger partial charge >= 0.3 is 0 Å². The van der Waals surface area contributed by atoms with Crippen molar-refractivity contribution in [2.45, 2.75) is 12.4 Å². The molecule has 1 unspecified atom stereocenters. The Morgan fingerprint density at radius 3 is 3.00 bits per heavy atom. The number of nitrogens with zero attached hydrogens (tertiary/aromatic N) is 1. The summed E-state index contributed by atoms with van der Waals surface area (Å²) < 4.78 is 0. The molecular weight excluding hydrogens is 136 g/mol. The van der Waals surface area contributed by atoms with Gasteiger partial charge in [0.1, 0.15) is 0 Å². The van der Waals surface area contributed by atoms with E-state index in [2.05, 4.69) is 17.1 Å². The second kappa shape index (κ2) is 3.40. The van der Waals surface area contributed by atoms with Gasteiger partial charge in [-0.2, -0.15) is 0 Å². The first-order valence-corrected chi connectivity index (χ1v) is 3.87. The Bertz CT molecular complexity index is 87.1. The third-order valence-corrected chi connectivity index (χ3v) is 2.12. The fourth-order valence-corrected chi connectivity index (χ4v) is 1.41. The molecule has 1 aliphatic heterocycles. The lowest BCUT2D eigenvalue weighted by molar-refractivity contribution is 0.225. The second-order valence-electron chi connectivity index (χ2n) is 2.27. The molecule has 9 heavy (non-hydrogen) atoms. The van der Waals surface area contributed by atoms with Gasteiger partial charge in [-0.3, -0.25) is 4.90 Å². The number of hydrogen-bond acceptors (Lipinski definition) is 2. The monoisotopic (exact) mass is 148 g/mol. The maximum absolute atomic E-state index is 5.95. The molecular formula is C6H13ClN2. The van der Waals surface area contributed by atoms with E-state index in [4.69, 9.17) is 11.6 Å². The quantitative estimate of drug-likeness (QED) is 0.430. The molecule has 1 atom stereocenters. The van der Waals surface area contributed by atoms with E-state index in [0.29, 0.717) is 0 Å². The van der Waals surface area contributed by atoms with Crippen molar-refractivity contribution in [1.29, 1.82) is 0 Å². The molecule has 0 bridgehead atoms. The Kier molecular flexibility index (Phi) is 2.76. The Hall–Kier alpha value is 0.210. The van der Waals surface area contributed by atoms with Crippen molar-refractivity contribution >= 4 is 11.6 Å². The predicted octanol–water partition coefficient (Wildman–Crippen LogP) is 0.476. The van der Waals surface area contributed by atoms with Gasteiger partial charge in [0.05, 0.1) is 5.50 Å². The molecule has 0 spiro atoms. The minimum atomic E-state index is 0.212. The van der Waals surface area contributed by atoms with Crippen LogP contribution in [-0.4, -0.2) is 36.6 Å². The van der Waals surface area contributed by atoms with Crippen molar-refractivity contribution in [2.75, 3.05) is 26.2 Å². The average molecular weight is 149 g/mol. The Morgan fingerprint density at radius 2 is 2.56 bits per heavy atom. The van der Waals surface area contributed by atoms with Crippen molar-refractivity contribution in [3.63, 3.8) is 0 Å². The molecule has 1 saturated heterocycles. The summed E-state index contributed by atoms with van der Waals surface area (Å²) in [5.74, 6) is 0. The fraction of sp³-hybridized carbons (Fsp3) is 1.00. The normalized spacial score (nSPS) is 30.7. The number of piperazine rings is 1. The predicted molar refractivity (Wildman–Crippen MR) is 39.8 cm³/mol. The van der Waals surface area contributed by atoms with Crippen LogP contribution in [-0.2, 0) is 0 Å². The SMILES string of the molecule is CCN1CCNCC1Cl. The summed E-state index contributed by atoms with van der Waals surface area (Å²) in [5.41, 5.74) is 0.212. The molecule has 0 radical (unpaired) electrons. The van der Waals surface area contributed by atoms with Crippen LogP contribution in [0, 0.1) is 0 Å². The van der Waals surface area contributed by atoms with Crippen molar-refractivity contribution < 1.29 is 0 Å². The van der Waals surface area contributed by atoms with Crippen LogP contribution in [0.2, 0.25) is 0 Å². The van der Waals surface area contributed by atoms with Crippen molar-refractivity contribution in [3.05, 3.63) is 0 Å². The molecule has 0 aromatic heterocycles. The number of alkyl halides is 1. The van der Waals surface area contributed by atoms with Crippen LogP contribution < -0.4 is 5.32 Å². The summed E-state index contributed by atoms with van der Waals surface area (Å²) in [5, 5.41) is 3.23. The topological polar surface area (TPSA) is 15.3 Å². The first-order valence-electron chi connectivity index (χ1n) is 3.43. The molecule has 3 heteroatoms. The zero-order valence-electron chi connectivity index (χ0n) is 5.73. The van der Waals surface area contributed by atoms with E-state index in [1.54, 1.807) is 0 Å². The Balaban J connectivity index is 2.30. The number of likely N-dealkylation sites (N-methyl/N-ethyl adjacent to an activating group) is 1. The highest BCUT2D eigenvalue weighted by atomic mass is 35.5. The van der Waals surface area contributed by atoms with E-state index in [-0.39, 0.29) is 5.50 Å². The summed E-state index contributed by atoms with van der Waals surface area (Å²) >= 11 is 5.95. The molecule has 2 nitrogen and oxygen atoms in total. The van der Waals surface area contributed by atoms with E-state index in [0.717, 1.165) is 26.2 Å². The van der Waals surface area contributed by atoms with Crippen LogP contribution >= 0.6 is 11.6 Å². The van der Waals surface area contributed by atoms with Gasteiger partial charge in [-0.05, 0) is 6.54 Å². The van der Waals surface area contributed by atoms with Crippen LogP contribution in [0.4, 0.5) is 0 Å². The minimum absolute atomic E-state index is 0.212. The smallest absolute Gasteiger partial charge is 0.0976 e. The third kappa shape index (κ3) is 1.81. The third-order valence-electron chi connectivity index (χ3n) is 1.69. The molecule has 1 heterocycles. The highest BCUT2D eigenvalue weighted by molar-refractivity contribution is 6.20. The van der Waals surface area contributed by atoms with E-state index in [9.17, 15) is 0 Å². The van der Waals surface area contributed by atoms with Gasteiger partial charge in [-0.15, -0.1) is 11.6 Å². The van der Waals surface area contributed by atoms with Gasteiger partial charge in [0.25, 0.3) is 0 Å². The summed E-state index contributed by atoms with van der Waals surface area (Å²) in [7, 11) is 0. The van der Waals surface area contributed by atoms with E-state index in [1.165, 1.54) is 0 Å². The van der Waals surface area contributed by atoms with Crippen LogP contribution in [0.1, 0.15) is 6.92 Å². The Labute approximate surface area is 61.2 Å². The van der Waals surface area contributed by atoms with Gasteiger partial charge in [0.2, 0.25) is 0 Å². The van der Waals surface area contributed by atoms with E-state index < -0.39 is 0 Å². The fourth-order valence-electron chi connectivity index (χ4n) is 1.07. The first kappa shape index (κ1) is 7.32. The second-order valence-corrected chi connectivity index (χ2v) is 2.77.